The Morgan fingerprint density at radius 1 is 1.16 bits per heavy atom. The highest BCUT2D eigenvalue weighted by molar-refractivity contribution is 6.35. The van der Waals surface area contributed by atoms with Gasteiger partial charge in [-0.2, -0.15) is 0 Å². The van der Waals surface area contributed by atoms with Crippen LogP contribution in [0.3, 0.4) is 0 Å². The molecule has 19 heavy (non-hydrogen) atoms. The van der Waals surface area contributed by atoms with Crippen LogP contribution in [0, 0.1) is 0 Å². The zero-order valence-corrected chi connectivity index (χ0v) is 11.4. The summed E-state index contributed by atoms with van der Waals surface area (Å²) in [5.74, 6) is 3.92. The third kappa shape index (κ3) is 4.51. The Bertz CT molecular complexity index is 346. The van der Waals surface area contributed by atoms with E-state index in [1.807, 2.05) is 6.92 Å². The van der Waals surface area contributed by atoms with Gasteiger partial charge < -0.3 is 9.80 Å². The van der Waals surface area contributed by atoms with Gasteiger partial charge in [-0.1, -0.05) is 6.92 Å². The largest absolute Gasteiger partial charge is 0.333 e. The molecule has 3 N–H and O–H groups in total. The molecule has 0 saturated carbocycles. The second-order valence-electron chi connectivity index (χ2n) is 4.61. The minimum atomic E-state index is -0.428. The number of hydrogen-bond donors (Lipinski definition) is 2. The van der Waals surface area contributed by atoms with Crippen molar-refractivity contribution < 1.29 is 14.4 Å². The van der Waals surface area contributed by atoms with Crippen molar-refractivity contribution >= 4 is 17.7 Å². The highest BCUT2D eigenvalue weighted by atomic mass is 16.2. The fourth-order valence-electron chi connectivity index (χ4n) is 2.07. The lowest BCUT2D eigenvalue weighted by molar-refractivity contribution is -0.156. The molecule has 3 amide bonds. The van der Waals surface area contributed by atoms with Crippen LogP contribution in [0.5, 0.6) is 0 Å². The zero-order chi connectivity index (χ0) is 14.3. The van der Waals surface area contributed by atoms with Gasteiger partial charge in [0.05, 0.1) is 0 Å². The second-order valence-corrected chi connectivity index (χ2v) is 4.61. The van der Waals surface area contributed by atoms with Gasteiger partial charge in [-0.25, -0.2) is 5.84 Å². The average molecular weight is 270 g/mol. The molecular weight excluding hydrogens is 248 g/mol. The van der Waals surface area contributed by atoms with Gasteiger partial charge in [0.1, 0.15) is 0 Å². The van der Waals surface area contributed by atoms with Gasteiger partial charge in [0.15, 0.2) is 0 Å². The van der Waals surface area contributed by atoms with Crippen molar-refractivity contribution in [2.75, 3.05) is 26.2 Å². The molecule has 1 aliphatic heterocycles. The molecule has 1 heterocycles. The van der Waals surface area contributed by atoms with E-state index in [1.165, 1.54) is 0 Å². The van der Waals surface area contributed by atoms with Gasteiger partial charge in [-0.15, -0.1) is 0 Å². The Morgan fingerprint density at radius 3 is 2.26 bits per heavy atom. The summed E-state index contributed by atoms with van der Waals surface area (Å²) in [6.07, 6.45) is 2.54. The molecule has 0 atom stereocenters. The highest BCUT2D eigenvalue weighted by Crippen LogP contribution is 2.08. The Kier molecular flexibility index (Phi) is 6.27. The first-order valence-electron chi connectivity index (χ1n) is 6.67. The number of nitrogens with one attached hydrogen (secondary N) is 1. The predicted octanol–water partition coefficient (Wildman–Crippen LogP) is -0.773. The number of carbonyl (C=O) groups is 3. The van der Waals surface area contributed by atoms with E-state index in [0.717, 1.165) is 6.42 Å². The molecule has 0 aromatic carbocycles. The SMILES string of the molecule is CCCN1CCN(CCCCC(=O)NN)C(=O)C1=O. The summed E-state index contributed by atoms with van der Waals surface area (Å²) < 4.78 is 0. The molecule has 1 rings (SSSR count). The number of hydrazine groups is 1. The summed E-state index contributed by atoms with van der Waals surface area (Å²) in [7, 11) is 0. The van der Waals surface area contributed by atoms with E-state index in [0.29, 0.717) is 45.4 Å². The van der Waals surface area contributed by atoms with Crippen LogP contribution in [0.25, 0.3) is 0 Å². The molecule has 7 heteroatoms. The lowest BCUT2D eigenvalue weighted by Gasteiger charge is -2.33. The van der Waals surface area contributed by atoms with Gasteiger partial charge in [0, 0.05) is 32.6 Å². The van der Waals surface area contributed by atoms with Crippen LogP contribution in [0.4, 0.5) is 0 Å². The van der Waals surface area contributed by atoms with Crippen molar-refractivity contribution in [3.05, 3.63) is 0 Å². The summed E-state index contributed by atoms with van der Waals surface area (Å²) in [6, 6.07) is 0. The van der Waals surface area contributed by atoms with Gasteiger partial charge in [0.25, 0.3) is 0 Å². The predicted molar refractivity (Wildman–Crippen MR) is 69.6 cm³/mol. The number of amides is 3. The number of nitrogens with two attached hydrogens (primary N) is 1. The van der Waals surface area contributed by atoms with E-state index < -0.39 is 11.8 Å². The van der Waals surface area contributed by atoms with Crippen LogP contribution in [-0.2, 0) is 14.4 Å². The van der Waals surface area contributed by atoms with Crippen LogP contribution >= 0.6 is 0 Å². The molecule has 0 aromatic rings. The number of nitrogens with zero attached hydrogens (tertiary/aromatic N) is 2. The normalized spacial score (nSPS) is 15.9. The van der Waals surface area contributed by atoms with Crippen LogP contribution < -0.4 is 11.3 Å². The van der Waals surface area contributed by atoms with E-state index in [9.17, 15) is 14.4 Å². The summed E-state index contributed by atoms with van der Waals surface area (Å²) in [6.45, 7) is 4.31. The number of unbranched alkanes of at least 4 members (excludes halogenated alkanes) is 1. The zero-order valence-electron chi connectivity index (χ0n) is 11.4. The molecule has 0 aliphatic carbocycles. The third-order valence-electron chi connectivity index (χ3n) is 3.13. The third-order valence-corrected chi connectivity index (χ3v) is 3.13. The number of carbonyl (C=O) groups excluding carboxylic acids is 3. The molecule has 7 nitrogen and oxygen atoms in total. The maximum atomic E-state index is 11.8. The quantitative estimate of drug-likeness (QED) is 0.209. The van der Waals surface area contributed by atoms with Crippen LogP contribution in [0.15, 0.2) is 0 Å². The molecule has 0 aromatic heterocycles. The van der Waals surface area contributed by atoms with E-state index in [2.05, 4.69) is 5.43 Å². The molecule has 0 spiro atoms. The van der Waals surface area contributed by atoms with Crippen molar-refractivity contribution in [1.82, 2.24) is 15.2 Å². The Morgan fingerprint density at radius 2 is 1.74 bits per heavy atom. The smallest absolute Gasteiger partial charge is 0.312 e. The standard InChI is InChI=1S/C12H22N4O3/c1-2-6-15-8-9-16(12(19)11(15)18)7-4-3-5-10(17)14-13/h2-9,13H2,1H3,(H,14,17). The lowest BCUT2D eigenvalue weighted by Crippen LogP contribution is -2.54. The Labute approximate surface area is 113 Å². The number of rotatable bonds is 7. The minimum Gasteiger partial charge on any atom is -0.333 e. The Hall–Kier alpha value is -1.63. The summed E-state index contributed by atoms with van der Waals surface area (Å²) in [5, 5.41) is 0. The molecule has 0 radical (unpaired) electrons. The summed E-state index contributed by atoms with van der Waals surface area (Å²) in [5.41, 5.74) is 2.06. The van der Waals surface area contributed by atoms with Crippen LogP contribution in [0.2, 0.25) is 0 Å². The average Bonchev–Trinajstić information content (AvgIpc) is 2.42. The van der Waals surface area contributed by atoms with Gasteiger partial charge in [0.2, 0.25) is 5.91 Å². The van der Waals surface area contributed by atoms with E-state index in [1.54, 1.807) is 9.80 Å². The molecule has 0 bridgehead atoms. The highest BCUT2D eigenvalue weighted by Gasteiger charge is 2.31. The summed E-state index contributed by atoms with van der Waals surface area (Å²) >= 11 is 0. The molecule has 1 saturated heterocycles. The van der Waals surface area contributed by atoms with Crippen molar-refractivity contribution in [3.8, 4) is 0 Å². The molecule has 108 valence electrons. The lowest BCUT2D eigenvalue weighted by atomic mass is 10.2. The van der Waals surface area contributed by atoms with Gasteiger partial charge >= 0.3 is 11.8 Å². The minimum absolute atomic E-state index is 0.213. The van der Waals surface area contributed by atoms with Crippen molar-refractivity contribution in [2.45, 2.75) is 32.6 Å². The molecule has 1 aliphatic rings. The number of piperazine rings is 1. The van der Waals surface area contributed by atoms with E-state index in [-0.39, 0.29) is 5.91 Å². The van der Waals surface area contributed by atoms with Crippen molar-refractivity contribution in [3.63, 3.8) is 0 Å². The first kappa shape index (κ1) is 15.4. The van der Waals surface area contributed by atoms with Crippen molar-refractivity contribution in [2.24, 2.45) is 5.84 Å². The van der Waals surface area contributed by atoms with E-state index >= 15 is 0 Å². The first-order chi connectivity index (χ1) is 9.10. The topological polar surface area (TPSA) is 95.7 Å². The second kappa shape index (κ2) is 7.73. The fourth-order valence-corrected chi connectivity index (χ4v) is 2.07. The Balaban J connectivity index is 2.31. The van der Waals surface area contributed by atoms with Crippen LogP contribution in [-0.4, -0.2) is 53.7 Å². The van der Waals surface area contributed by atoms with Crippen LogP contribution in [0.1, 0.15) is 32.6 Å². The summed E-state index contributed by atoms with van der Waals surface area (Å²) in [4.78, 5) is 37.7. The molecule has 0 unspecified atom stereocenters. The monoisotopic (exact) mass is 270 g/mol. The van der Waals surface area contributed by atoms with Gasteiger partial charge in [-0.05, 0) is 19.3 Å². The fraction of sp³-hybridized carbons (Fsp3) is 0.750. The van der Waals surface area contributed by atoms with Gasteiger partial charge in [-0.3, -0.25) is 19.8 Å². The molecular formula is C12H22N4O3. The van der Waals surface area contributed by atoms with Crippen molar-refractivity contribution in [1.29, 1.82) is 0 Å². The first-order valence-corrected chi connectivity index (χ1v) is 6.67. The van der Waals surface area contributed by atoms with E-state index in [4.69, 9.17) is 5.84 Å². The number of hydrogen-bond acceptors (Lipinski definition) is 4. The maximum Gasteiger partial charge on any atom is 0.312 e. The molecule has 1 fully saturated rings. The maximum absolute atomic E-state index is 11.8.